The van der Waals surface area contributed by atoms with Crippen LogP contribution in [0.2, 0.25) is 5.02 Å². The summed E-state index contributed by atoms with van der Waals surface area (Å²) in [6.45, 7) is 3.75. The molecule has 0 saturated heterocycles. The van der Waals surface area contributed by atoms with Crippen molar-refractivity contribution in [2.45, 2.75) is 45.7 Å². The molecular formula is C29H25ClF3NO5. The number of carbonyl (C=O) groups is 2. The molecule has 0 radical (unpaired) electrons. The number of rotatable bonds is 10. The minimum absolute atomic E-state index is 0.175. The fourth-order valence-electron chi connectivity index (χ4n) is 4.45. The molecule has 0 bridgehead atoms. The quantitative estimate of drug-likeness (QED) is 0.205. The van der Waals surface area contributed by atoms with E-state index in [9.17, 15) is 27.9 Å². The van der Waals surface area contributed by atoms with Gasteiger partial charge in [-0.3, -0.25) is 4.79 Å². The second-order valence-corrected chi connectivity index (χ2v) is 9.43. The van der Waals surface area contributed by atoms with Crippen LogP contribution in [0.15, 0.2) is 66.7 Å². The van der Waals surface area contributed by atoms with Gasteiger partial charge in [0.2, 0.25) is 0 Å². The summed E-state index contributed by atoms with van der Waals surface area (Å²) in [6, 6.07) is 17.0. The molecule has 4 aromatic rings. The first-order chi connectivity index (χ1) is 18.5. The third kappa shape index (κ3) is 6.54. The van der Waals surface area contributed by atoms with Crippen LogP contribution in [0.25, 0.3) is 10.9 Å². The van der Waals surface area contributed by atoms with Gasteiger partial charge < -0.3 is 19.1 Å². The van der Waals surface area contributed by atoms with Gasteiger partial charge in [-0.15, -0.1) is 13.2 Å². The lowest BCUT2D eigenvalue weighted by Gasteiger charge is -2.16. The average molecular weight is 560 g/mol. The van der Waals surface area contributed by atoms with Gasteiger partial charge in [-0.05, 0) is 67.4 Å². The zero-order valence-corrected chi connectivity index (χ0v) is 21.8. The second kappa shape index (κ2) is 11.4. The third-order valence-electron chi connectivity index (χ3n) is 6.21. The summed E-state index contributed by atoms with van der Waals surface area (Å²) in [5.74, 6) is -1.45. The van der Waals surface area contributed by atoms with E-state index in [2.05, 4.69) is 4.74 Å². The number of benzene rings is 3. The molecular weight excluding hydrogens is 535 g/mol. The van der Waals surface area contributed by atoms with E-state index in [4.69, 9.17) is 16.3 Å². The Hall–Kier alpha value is -3.98. The van der Waals surface area contributed by atoms with Gasteiger partial charge in [-0.2, -0.15) is 0 Å². The lowest BCUT2D eigenvalue weighted by Crippen LogP contribution is -2.26. The Morgan fingerprint density at radius 3 is 2.38 bits per heavy atom. The van der Waals surface area contributed by atoms with Gasteiger partial charge in [-0.1, -0.05) is 37.1 Å². The highest BCUT2D eigenvalue weighted by Gasteiger charge is 2.32. The van der Waals surface area contributed by atoms with Crippen molar-refractivity contribution in [1.29, 1.82) is 0 Å². The SMILES string of the molecule is CCCC(Oc1cccc(Cn2c(C)c(C(=O)c3ccc(Cl)cc3)c3ccc(OC(F)(F)F)cc32)c1)C(=O)O. The number of aliphatic carboxylic acids is 1. The third-order valence-corrected chi connectivity index (χ3v) is 6.46. The molecule has 0 fully saturated rings. The maximum absolute atomic E-state index is 13.5. The van der Waals surface area contributed by atoms with Crippen molar-refractivity contribution in [1.82, 2.24) is 4.57 Å². The molecule has 39 heavy (non-hydrogen) atoms. The van der Waals surface area contributed by atoms with Crippen molar-refractivity contribution in [3.8, 4) is 11.5 Å². The van der Waals surface area contributed by atoms with Gasteiger partial charge in [0, 0.05) is 34.3 Å². The molecule has 204 valence electrons. The number of carboxylic acids is 1. The highest BCUT2D eigenvalue weighted by Crippen LogP contribution is 2.34. The van der Waals surface area contributed by atoms with Crippen LogP contribution in [0.4, 0.5) is 13.2 Å². The lowest BCUT2D eigenvalue weighted by atomic mass is 10.0. The van der Waals surface area contributed by atoms with Gasteiger partial charge >= 0.3 is 12.3 Å². The van der Waals surface area contributed by atoms with E-state index in [-0.39, 0.29) is 12.3 Å². The van der Waals surface area contributed by atoms with E-state index in [0.29, 0.717) is 56.9 Å². The summed E-state index contributed by atoms with van der Waals surface area (Å²) >= 11 is 5.97. The van der Waals surface area contributed by atoms with Crippen molar-refractivity contribution in [2.24, 2.45) is 0 Å². The number of hydrogen-bond donors (Lipinski definition) is 1. The first-order valence-corrected chi connectivity index (χ1v) is 12.5. The maximum Gasteiger partial charge on any atom is 0.573 e. The minimum Gasteiger partial charge on any atom is -0.479 e. The summed E-state index contributed by atoms with van der Waals surface area (Å²) < 4.78 is 50.4. The number of carboxylic acid groups (broad SMARTS) is 1. The van der Waals surface area contributed by atoms with Crippen LogP contribution in [-0.4, -0.2) is 33.9 Å². The predicted molar refractivity (Wildman–Crippen MR) is 141 cm³/mol. The average Bonchev–Trinajstić information content (AvgIpc) is 3.13. The van der Waals surface area contributed by atoms with Crippen molar-refractivity contribution in [3.05, 3.63) is 94.1 Å². The van der Waals surface area contributed by atoms with Gasteiger partial charge in [0.1, 0.15) is 11.5 Å². The smallest absolute Gasteiger partial charge is 0.479 e. The number of aromatic nitrogens is 1. The van der Waals surface area contributed by atoms with Gasteiger partial charge in [0.15, 0.2) is 11.9 Å². The Bertz CT molecular complexity index is 1510. The van der Waals surface area contributed by atoms with Crippen molar-refractivity contribution < 1.29 is 37.3 Å². The molecule has 10 heteroatoms. The monoisotopic (exact) mass is 559 g/mol. The van der Waals surface area contributed by atoms with Crippen LogP contribution in [-0.2, 0) is 11.3 Å². The van der Waals surface area contributed by atoms with Crippen molar-refractivity contribution in [2.75, 3.05) is 0 Å². The molecule has 0 saturated carbocycles. The molecule has 1 unspecified atom stereocenters. The first-order valence-electron chi connectivity index (χ1n) is 12.1. The van der Waals surface area contributed by atoms with E-state index in [1.807, 2.05) is 6.92 Å². The topological polar surface area (TPSA) is 77.8 Å². The number of nitrogens with zero attached hydrogens (tertiary/aromatic N) is 1. The minimum atomic E-state index is -4.88. The number of ether oxygens (including phenoxy) is 2. The molecule has 0 spiro atoms. The first kappa shape index (κ1) is 28.0. The van der Waals surface area contributed by atoms with E-state index >= 15 is 0 Å². The van der Waals surface area contributed by atoms with Crippen LogP contribution in [0, 0.1) is 6.92 Å². The molecule has 3 aromatic carbocycles. The standard InChI is InChI=1S/C29H25ClF3NO5/c1-3-5-25(28(36)37)38-21-7-4-6-18(14-21)16-34-17(2)26(27(35)19-8-10-20(30)11-9-19)23-13-12-22(15-24(23)34)39-29(31,32)33/h4,6-15,25H,3,5,16H2,1-2H3,(H,36,37). The Kier molecular flexibility index (Phi) is 8.20. The molecule has 0 aliphatic carbocycles. The van der Waals surface area contributed by atoms with Crippen molar-refractivity contribution in [3.63, 3.8) is 0 Å². The Balaban J connectivity index is 1.78. The Morgan fingerprint density at radius 2 is 1.74 bits per heavy atom. The van der Waals surface area contributed by atoms with Crippen LogP contribution < -0.4 is 9.47 Å². The summed E-state index contributed by atoms with van der Waals surface area (Å²) in [7, 11) is 0. The highest BCUT2D eigenvalue weighted by molar-refractivity contribution is 6.30. The highest BCUT2D eigenvalue weighted by atomic mass is 35.5. The number of alkyl halides is 3. The summed E-state index contributed by atoms with van der Waals surface area (Å²) in [5, 5.41) is 10.4. The molecule has 1 atom stereocenters. The normalized spacial score (nSPS) is 12.4. The maximum atomic E-state index is 13.5. The van der Waals surface area contributed by atoms with Crippen LogP contribution in [0.5, 0.6) is 11.5 Å². The van der Waals surface area contributed by atoms with Crippen LogP contribution in [0.1, 0.15) is 46.9 Å². The molecule has 0 aliphatic heterocycles. The zero-order chi connectivity index (χ0) is 28.3. The fraction of sp³-hybridized carbons (Fsp3) is 0.241. The van der Waals surface area contributed by atoms with Gasteiger partial charge in [0.05, 0.1) is 11.1 Å². The van der Waals surface area contributed by atoms with Crippen molar-refractivity contribution >= 4 is 34.3 Å². The number of fused-ring (bicyclic) bond motifs is 1. The molecule has 0 amide bonds. The van der Waals surface area contributed by atoms with E-state index in [1.165, 1.54) is 18.2 Å². The number of halogens is 4. The van der Waals surface area contributed by atoms with E-state index in [1.54, 1.807) is 60.0 Å². The van der Waals surface area contributed by atoms with Gasteiger partial charge in [0.25, 0.3) is 0 Å². The van der Waals surface area contributed by atoms with E-state index in [0.717, 1.165) is 0 Å². The summed E-state index contributed by atoms with van der Waals surface area (Å²) in [5.41, 5.74) is 2.32. The molecule has 0 aliphatic rings. The van der Waals surface area contributed by atoms with Crippen LogP contribution in [0.3, 0.4) is 0 Å². The molecule has 1 N–H and O–H groups in total. The molecule has 1 aromatic heterocycles. The number of ketones is 1. The molecule has 4 rings (SSSR count). The molecule has 6 nitrogen and oxygen atoms in total. The fourth-order valence-corrected chi connectivity index (χ4v) is 4.57. The Labute approximate surface area is 227 Å². The predicted octanol–water partition coefficient (Wildman–Crippen LogP) is 7.41. The van der Waals surface area contributed by atoms with Gasteiger partial charge in [-0.25, -0.2) is 4.79 Å². The summed E-state index contributed by atoms with van der Waals surface area (Å²) in [4.78, 5) is 25.1. The van der Waals surface area contributed by atoms with E-state index < -0.39 is 24.2 Å². The number of carbonyl (C=O) groups excluding carboxylic acids is 1. The lowest BCUT2D eigenvalue weighted by molar-refractivity contribution is -0.274. The summed E-state index contributed by atoms with van der Waals surface area (Å²) in [6.07, 6.45) is -4.94. The van der Waals surface area contributed by atoms with Crippen LogP contribution >= 0.6 is 11.6 Å². The zero-order valence-electron chi connectivity index (χ0n) is 21.1. The Morgan fingerprint density at radius 1 is 1.03 bits per heavy atom. The number of hydrogen-bond acceptors (Lipinski definition) is 4. The largest absolute Gasteiger partial charge is 0.573 e. The second-order valence-electron chi connectivity index (χ2n) is 8.99. The molecule has 1 heterocycles.